The maximum atomic E-state index is 5.64. The summed E-state index contributed by atoms with van der Waals surface area (Å²) in [5, 5.41) is 0. The third kappa shape index (κ3) is 3.54. The molecule has 0 bridgehead atoms. The summed E-state index contributed by atoms with van der Waals surface area (Å²) < 4.78 is 1.19. The number of nitrogens with zero attached hydrogens (tertiary/aromatic N) is 1. The molecule has 1 aromatic carbocycles. The molecule has 1 saturated heterocycles. The fourth-order valence-corrected chi connectivity index (χ4v) is 3.07. The minimum absolute atomic E-state index is 0.611. The van der Waals surface area contributed by atoms with Crippen molar-refractivity contribution < 1.29 is 0 Å². The van der Waals surface area contributed by atoms with Gasteiger partial charge >= 0.3 is 0 Å². The Kier molecular flexibility index (Phi) is 4.60. The maximum Gasteiger partial charge on any atom is 0.0245 e. The highest BCUT2D eigenvalue weighted by Crippen LogP contribution is 2.23. The van der Waals surface area contributed by atoms with Gasteiger partial charge in [0.25, 0.3) is 0 Å². The van der Waals surface area contributed by atoms with Crippen LogP contribution in [0.3, 0.4) is 0 Å². The zero-order valence-corrected chi connectivity index (χ0v) is 12.0. The Labute approximate surface area is 112 Å². The smallest absolute Gasteiger partial charge is 0.0245 e. The molecule has 1 aliphatic rings. The minimum atomic E-state index is 0.611. The van der Waals surface area contributed by atoms with Gasteiger partial charge in [-0.1, -0.05) is 35.0 Å². The van der Waals surface area contributed by atoms with Crippen LogP contribution < -0.4 is 5.73 Å². The van der Waals surface area contributed by atoms with Gasteiger partial charge < -0.3 is 5.73 Å². The molecule has 2 N–H and O–H groups in total. The van der Waals surface area contributed by atoms with Gasteiger partial charge in [-0.15, -0.1) is 0 Å². The van der Waals surface area contributed by atoms with Crippen LogP contribution in [0, 0.1) is 5.92 Å². The van der Waals surface area contributed by atoms with E-state index in [9.17, 15) is 0 Å². The van der Waals surface area contributed by atoms with Crippen LogP contribution in [-0.2, 0) is 13.1 Å². The van der Waals surface area contributed by atoms with Crippen LogP contribution in [0.4, 0.5) is 0 Å². The molecule has 0 aromatic heterocycles. The van der Waals surface area contributed by atoms with Crippen molar-refractivity contribution in [2.45, 2.75) is 32.9 Å². The van der Waals surface area contributed by atoms with Crippen molar-refractivity contribution in [3.05, 3.63) is 33.8 Å². The number of halogens is 1. The van der Waals surface area contributed by atoms with Crippen LogP contribution in [0.1, 0.15) is 30.9 Å². The van der Waals surface area contributed by atoms with Gasteiger partial charge in [-0.05, 0) is 42.5 Å². The molecule has 1 aromatic rings. The van der Waals surface area contributed by atoms with Crippen LogP contribution in [0.5, 0.6) is 0 Å². The number of benzene rings is 1. The van der Waals surface area contributed by atoms with Crippen molar-refractivity contribution in [2.75, 3.05) is 13.1 Å². The lowest BCUT2D eigenvalue weighted by Crippen LogP contribution is -2.33. The average molecular weight is 297 g/mol. The van der Waals surface area contributed by atoms with Crippen molar-refractivity contribution in [3.63, 3.8) is 0 Å². The van der Waals surface area contributed by atoms with Crippen molar-refractivity contribution in [3.8, 4) is 0 Å². The van der Waals surface area contributed by atoms with Crippen LogP contribution in [0.25, 0.3) is 0 Å². The monoisotopic (exact) mass is 296 g/mol. The third-order valence-corrected chi connectivity index (χ3v) is 4.23. The summed E-state index contributed by atoms with van der Waals surface area (Å²) in [6, 6.07) is 6.47. The molecular formula is C14H21BrN2. The molecule has 0 radical (unpaired) electrons. The van der Waals surface area contributed by atoms with Gasteiger partial charge in [-0.2, -0.15) is 0 Å². The summed E-state index contributed by atoms with van der Waals surface area (Å²) in [5.41, 5.74) is 8.20. The Morgan fingerprint density at radius 1 is 1.47 bits per heavy atom. The Morgan fingerprint density at radius 3 is 2.94 bits per heavy atom. The quantitative estimate of drug-likeness (QED) is 0.928. The van der Waals surface area contributed by atoms with Gasteiger partial charge in [0.15, 0.2) is 0 Å². The van der Waals surface area contributed by atoms with Gasteiger partial charge in [-0.3, -0.25) is 4.90 Å². The molecule has 3 heteroatoms. The molecule has 1 unspecified atom stereocenters. The molecule has 1 atom stereocenters. The fraction of sp³-hybridized carbons (Fsp3) is 0.571. The van der Waals surface area contributed by atoms with E-state index < -0.39 is 0 Å². The molecular weight excluding hydrogens is 276 g/mol. The van der Waals surface area contributed by atoms with Crippen molar-refractivity contribution in [2.24, 2.45) is 11.7 Å². The zero-order valence-electron chi connectivity index (χ0n) is 10.5. The van der Waals surface area contributed by atoms with Crippen LogP contribution in [0.15, 0.2) is 22.7 Å². The van der Waals surface area contributed by atoms with Gasteiger partial charge in [0.05, 0.1) is 0 Å². The highest BCUT2D eigenvalue weighted by atomic mass is 79.9. The summed E-state index contributed by atoms with van der Waals surface area (Å²) >= 11 is 3.65. The Morgan fingerprint density at radius 2 is 2.29 bits per heavy atom. The second-order valence-electron chi connectivity index (χ2n) is 5.11. The fourth-order valence-electron chi connectivity index (χ4n) is 2.52. The third-order valence-electron chi connectivity index (χ3n) is 3.49. The second-order valence-corrected chi connectivity index (χ2v) is 5.97. The van der Waals surface area contributed by atoms with E-state index in [1.165, 1.54) is 41.5 Å². The van der Waals surface area contributed by atoms with E-state index in [-0.39, 0.29) is 0 Å². The molecule has 0 amide bonds. The molecule has 0 saturated carbocycles. The summed E-state index contributed by atoms with van der Waals surface area (Å²) in [5.74, 6) is 0.839. The van der Waals surface area contributed by atoms with Gasteiger partial charge in [0.2, 0.25) is 0 Å². The Hall–Kier alpha value is -0.380. The van der Waals surface area contributed by atoms with Gasteiger partial charge in [-0.25, -0.2) is 0 Å². The number of piperidine rings is 1. The molecule has 1 fully saturated rings. The lowest BCUT2D eigenvalue weighted by molar-refractivity contribution is 0.176. The molecule has 2 rings (SSSR count). The summed E-state index contributed by atoms with van der Waals surface area (Å²) in [6.45, 7) is 6.47. The first-order valence-corrected chi connectivity index (χ1v) is 7.18. The largest absolute Gasteiger partial charge is 0.326 e. The van der Waals surface area contributed by atoms with Gasteiger partial charge in [0.1, 0.15) is 0 Å². The number of hydrogen-bond acceptors (Lipinski definition) is 2. The molecule has 1 heterocycles. The summed E-state index contributed by atoms with van der Waals surface area (Å²) in [7, 11) is 0. The average Bonchev–Trinajstić information content (AvgIpc) is 2.32. The highest BCUT2D eigenvalue weighted by molar-refractivity contribution is 9.10. The molecule has 0 spiro atoms. The lowest BCUT2D eigenvalue weighted by atomic mass is 9.99. The summed E-state index contributed by atoms with van der Waals surface area (Å²) in [4.78, 5) is 2.55. The Bertz CT molecular complexity index is 378. The molecule has 2 nitrogen and oxygen atoms in total. The topological polar surface area (TPSA) is 29.3 Å². The van der Waals surface area contributed by atoms with Crippen LogP contribution in [-0.4, -0.2) is 18.0 Å². The zero-order chi connectivity index (χ0) is 12.3. The van der Waals surface area contributed by atoms with E-state index in [4.69, 9.17) is 5.73 Å². The highest BCUT2D eigenvalue weighted by Gasteiger charge is 2.16. The first-order valence-electron chi connectivity index (χ1n) is 6.38. The van der Waals surface area contributed by atoms with E-state index in [1.807, 2.05) is 0 Å². The van der Waals surface area contributed by atoms with E-state index in [0.29, 0.717) is 6.54 Å². The molecule has 17 heavy (non-hydrogen) atoms. The number of rotatable bonds is 3. The predicted octanol–water partition coefficient (Wildman–Crippen LogP) is 3.14. The maximum absolute atomic E-state index is 5.64. The molecule has 94 valence electrons. The lowest BCUT2D eigenvalue weighted by Gasteiger charge is -2.31. The molecule has 0 aliphatic carbocycles. The van der Waals surface area contributed by atoms with Crippen molar-refractivity contribution >= 4 is 15.9 Å². The van der Waals surface area contributed by atoms with E-state index in [0.717, 1.165) is 12.5 Å². The molecule has 1 aliphatic heterocycles. The van der Waals surface area contributed by atoms with Gasteiger partial charge in [0, 0.05) is 24.1 Å². The standard InChI is InChI=1S/C14H21BrN2/c1-11-3-2-6-17(9-11)10-13-5-4-12(8-16)7-14(13)15/h4-5,7,11H,2-3,6,8-10,16H2,1H3. The summed E-state index contributed by atoms with van der Waals surface area (Å²) in [6.07, 6.45) is 2.71. The first kappa shape index (κ1) is 13.1. The van der Waals surface area contributed by atoms with Crippen molar-refractivity contribution in [1.82, 2.24) is 4.90 Å². The van der Waals surface area contributed by atoms with E-state index in [1.54, 1.807) is 0 Å². The van der Waals surface area contributed by atoms with Crippen LogP contribution >= 0.6 is 15.9 Å². The number of nitrogens with two attached hydrogens (primary N) is 1. The number of hydrogen-bond donors (Lipinski definition) is 1. The number of likely N-dealkylation sites (tertiary alicyclic amines) is 1. The predicted molar refractivity (Wildman–Crippen MR) is 75.7 cm³/mol. The minimum Gasteiger partial charge on any atom is -0.326 e. The normalized spacial score (nSPS) is 21.7. The van der Waals surface area contributed by atoms with E-state index >= 15 is 0 Å². The van der Waals surface area contributed by atoms with Crippen molar-refractivity contribution in [1.29, 1.82) is 0 Å². The van der Waals surface area contributed by atoms with Crippen LogP contribution in [0.2, 0.25) is 0 Å². The SMILES string of the molecule is CC1CCCN(Cc2ccc(CN)cc2Br)C1. The second kappa shape index (κ2) is 5.98. The Balaban J connectivity index is 2.02. The first-order chi connectivity index (χ1) is 8.19. The van der Waals surface area contributed by atoms with E-state index in [2.05, 4.69) is 46.0 Å².